The van der Waals surface area contributed by atoms with E-state index in [1.807, 2.05) is 39.0 Å². The number of rotatable bonds is 24. The SMILES string of the molecule is C#CCO[C@H]1C(O)[C@@H](CC)O[C@H]1n1cnc2c(NC(=O)c3ccccc3)ncnc21.C#CCO[C@H]1C(OP(OCCC#N)N(C(C)C)C(C)C)[C@@H](CC)O[C@H]1n1cnc2c(NC(=O)c3ccccc3)ncnc21.CC[C@H]1O[C@@H](n2cnc3c(NC(=O)c4ccccc4)ncnc32)[C@@H](O)C1O. The van der Waals surface area contributed by atoms with Crippen LogP contribution in [0.2, 0.25) is 0 Å². The minimum absolute atomic E-state index is 0.0338. The Morgan fingerprint density at radius 2 is 0.920 bits per heavy atom. The molecule has 30 nitrogen and oxygen atoms in total. The van der Waals surface area contributed by atoms with Crippen molar-refractivity contribution >= 4 is 77.2 Å². The van der Waals surface area contributed by atoms with Gasteiger partial charge in [0, 0.05) is 28.8 Å². The molecule has 3 aromatic carbocycles. The molecule has 0 saturated carbocycles. The van der Waals surface area contributed by atoms with Crippen LogP contribution in [-0.4, -0.2) is 183 Å². The predicted octanol–water partition coefficient (Wildman–Crippen LogP) is 7.94. The molecule has 0 bridgehead atoms. The van der Waals surface area contributed by atoms with Gasteiger partial charge in [-0.15, -0.1) is 12.8 Å². The van der Waals surface area contributed by atoms with E-state index in [2.05, 4.69) is 111 Å². The van der Waals surface area contributed by atoms with Gasteiger partial charge in [-0.2, -0.15) is 5.26 Å². The number of nitrogens with zero attached hydrogens (tertiary/aromatic N) is 14. The molecule has 9 heterocycles. The Labute approximate surface area is 577 Å². The molecule has 3 aliphatic heterocycles. The van der Waals surface area contributed by atoms with E-state index in [1.54, 1.807) is 92.8 Å². The lowest BCUT2D eigenvalue weighted by atomic mass is 10.1. The average Bonchev–Trinajstić information content (AvgIpc) is 1.62. The van der Waals surface area contributed by atoms with Crippen LogP contribution in [0.1, 0.15) is 124 Å². The van der Waals surface area contributed by atoms with Crippen molar-refractivity contribution in [1.82, 2.24) is 63.2 Å². The van der Waals surface area contributed by atoms with Crippen LogP contribution in [0.4, 0.5) is 17.5 Å². The molecular weight excluding hydrogens is 1310 g/mol. The molecule has 0 radical (unpaired) electrons. The van der Waals surface area contributed by atoms with E-state index in [4.69, 9.17) is 50.8 Å². The molecule has 3 fully saturated rings. The van der Waals surface area contributed by atoms with Crippen molar-refractivity contribution in [3.05, 3.63) is 146 Å². The predicted molar refractivity (Wildman–Crippen MR) is 367 cm³/mol. The molecule has 6 N–H and O–H groups in total. The second-order valence-electron chi connectivity index (χ2n) is 23.6. The summed E-state index contributed by atoms with van der Waals surface area (Å²) in [6, 6.07) is 28.8. The highest BCUT2D eigenvalue weighted by atomic mass is 31.2. The van der Waals surface area contributed by atoms with Crippen molar-refractivity contribution in [1.29, 1.82) is 5.26 Å². The number of carbonyl (C=O) groups excluding carboxylic acids is 3. The zero-order valence-corrected chi connectivity index (χ0v) is 56.8. The Hall–Kier alpha value is -9.68. The fraction of sp³-hybridized carbons (Fsp3) is 0.406. The Morgan fingerprint density at radius 3 is 1.31 bits per heavy atom. The van der Waals surface area contributed by atoms with Gasteiger partial charge in [0.2, 0.25) is 0 Å². The van der Waals surface area contributed by atoms with Gasteiger partial charge in [-0.3, -0.25) is 28.1 Å². The van der Waals surface area contributed by atoms with Crippen molar-refractivity contribution in [3.8, 4) is 30.8 Å². The van der Waals surface area contributed by atoms with Gasteiger partial charge >= 0.3 is 0 Å². The Morgan fingerprint density at radius 1 is 0.540 bits per heavy atom. The number of hydrogen-bond donors (Lipinski definition) is 6. The average molecular weight is 1380 g/mol. The second-order valence-corrected chi connectivity index (χ2v) is 25.0. The van der Waals surface area contributed by atoms with Crippen LogP contribution in [0.15, 0.2) is 129 Å². The van der Waals surface area contributed by atoms with Crippen LogP contribution in [-0.2, 0) is 32.7 Å². The molecule has 3 aliphatic rings. The monoisotopic (exact) mass is 1380 g/mol. The minimum atomic E-state index is -1.58. The standard InChI is InChI=1S/C30H38N7O5P.C21H21N5O4.C18H19N5O4/c1-7-16-39-26-25(42-43(40-17-12-15-31)37(20(3)4)21(5)6)23(8-2)41-30(26)36-19-34-24-27(32-18-33-28(24)36)35-29(38)22-13-10-9-11-14-22;1-3-10-29-17-16(27)14(4-2)30-21(17)26-12-24-15-18(22-11-23-19(15)26)25-20(28)13-8-6-5-7-9-13;1-2-11-13(24)14(25)18(27-11)23-9-21-12-15(19-8-20-16(12)23)22-17(26)10-6-4-3-5-7-10/h1,9-11,13-14,18-21,23,25-26,30H,8,12,16-17H2,2-6H3,(H,32,33,35,38);1,5-9,11-12,14,16-17,21,27H,4,10H2,2H3,(H,22,23,25,28);3-9,11,13-14,18,24-25H,2H2,1H3,(H,19,20,22,26)/t23-,25?,26+,30-,43?;14-,16?,17+,21-;11-,13?,14+,18-/m111/s1. The summed E-state index contributed by atoms with van der Waals surface area (Å²) in [5.74, 6) is 4.83. The number of aromatic nitrogens is 12. The highest BCUT2D eigenvalue weighted by Crippen LogP contribution is 2.51. The summed E-state index contributed by atoms with van der Waals surface area (Å²) in [7, 11) is -1.58. The fourth-order valence-electron chi connectivity index (χ4n) is 11.7. The zero-order chi connectivity index (χ0) is 71.0. The number of nitrogens with one attached hydrogen (secondary N) is 3. The van der Waals surface area contributed by atoms with Gasteiger partial charge in [0.05, 0.1) is 56.4 Å². The molecule has 0 aliphatic carbocycles. The lowest BCUT2D eigenvalue weighted by molar-refractivity contribution is -0.0579. The number of amides is 3. The number of benzene rings is 3. The van der Waals surface area contributed by atoms with Crippen LogP contribution >= 0.6 is 8.53 Å². The number of ether oxygens (including phenoxy) is 5. The number of hydrogen-bond acceptors (Lipinski definition) is 24. The molecule has 3 saturated heterocycles. The van der Waals surface area contributed by atoms with Gasteiger partial charge in [-0.25, -0.2) is 49.5 Å². The van der Waals surface area contributed by atoms with E-state index in [9.17, 15) is 29.7 Å². The van der Waals surface area contributed by atoms with E-state index in [0.717, 1.165) is 0 Å². The quantitative estimate of drug-likeness (QED) is 0.0190. The summed E-state index contributed by atoms with van der Waals surface area (Å²) in [6.07, 6.45) is 13.3. The lowest BCUT2D eigenvalue weighted by Crippen LogP contribution is -2.40. The second kappa shape index (κ2) is 34.4. The van der Waals surface area contributed by atoms with Gasteiger partial charge in [-0.1, -0.05) is 87.2 Å². The van der Waals surface area contributed by atoms with Crippen molar-refractivity contribution in [2.24, 2.45) is 0 Å². The van der Waals surface area contributed by atoms with Gasteiger partial charge in [-0.05, 0) is 83.4 Å². The molecule has 0 spiro atoms. The molecular formula is C69H78N17O13P. The Bertz CT molecular complexity index is 4330. The summed E-state index contributed by atoms with van der Waals surface area (Å²) >= 11 is 0. The fourth-order valence-corrected chi connectivity index (χ4v) is 13.5. The normalized spacial score (nSPS) is 22.7. The number of terminal acetylenes is 2. The third kappa shape index (κ3) is 16.5. The molecule has 9 aromatic rings. The van der Waals surface area contributed by atoms with E-state index in [-0.39, 0.29) is 79.6 Å². The third-order valence-electron chi connectivity index (χ3n) is 16.4. The molecule has 12 rings (SSSR count). The summed E-state index contributed by atoms with van der Waals surface area (Å²) in [4.78, 5) is 76.4. The number of aliphatic hydroxyl groups is 3. The number of anilines is 3. The number of imidazole rings is 3. The maximum absolute atomic E-state index is 12.8. The summed E-state index contributed by atoms with van der Waals surface area (Å²) in [5.41, 5.74) is 3.93. The number of aliphatic hydroxyl groups excluding tert-OH is 3. The molecule has 31 heteroatoms. The lowest BCUT2D eigenvalue weighted by Gasteiger charge is -2.38. The smallest absolute Gasteiger partial charge is 0.259 e. The summed E-state index contributed by atoms with van der Waals surface area (Å²) < 4.78 is 50.2. The number of fused-ring (bicyclic) bond motifs is 3. The van der Waals surface area contributed by atoms with Crippen LogP contribution in [0, 0.1) is 36.0 Å². The first-order valence-electron chi connectivity index (χ1n) is 32.5. The van der Waals surface area contributed by atoms with Gasteiger partial charge < -0.3 is 64.0 Å². The highest BCUT2D eigenvalue weighted by molar-refractivity contribution is 7.44. The van der Waals surface area contributed by atoms with Crippen molar-refractivity contribution in [2.75, 3.05) is 35.8 Å². The first-order valence-corrected chi connectivity index (χ1v) is 33.6. The van der Waals surface area contributed by atoms with E-state index in [0.29, 0.717) is 69.4 Å². The van der Waals surface area contributed by atoms with Crippen LogP contribution in [0.25, 0.3) is 33.5 Å². The third-order valence-corrected chi connectivity index (χ3v) is 18.6. The number of nitriles is 1. The molecule has 522 valence electrons. The van der Waals surface area contributed by atoms with E-state index >= 15 is 0 Å². The van der Waals surface area contributed by atoms with Crippen LogP contribution < -0.4 is 16.0 Å². The Balaban J connectivity index is 0.000000167. The van der Waals surface area contributed by atoms with E-state index in [1.165, 1.54) is 31.6 Å². The maximum atomic E-state index is 12.8. The van der Waals surface area contributed by atoms with Crippen molar-refractivity contribution < 1.29 is 62.4 Å². The van der Waals surface area contributed by atoms with Crippen molar-refractivity contribution in [3.63, 3.8) is 0 Å². The molecule has 6 aromatic heterocycles. The summed E-state index contributed by atoms with van der Waals surface area (Å²) in [6.45, 7) is 14.4. The molecule has 100 heavy (non-hydrogen) atoms. The van der Waals surface area contributed by atoms with Crippen molar-refractivity contribution in [2.45, 2.75) is 160 Å². The largest absolute Gasteiger partial charge is 0.388 e. The number of carbonyl (C=O) groups is 3. The van der Waals surface area contributed by atoms with Gasteiger partial charge in [0.15, 0.2) is 69.6 Å². The minimum Gasteiger partial charge on any atom is -0.388 e. The first kappa shape index (κ1) is 73.0. The summed E-state index contributed by atoms with van der Waals surface area (Å²) in [5, 5.41) is 48.4. The van der Waals surface area contributed by atoms with Gasteiger partial charge in [0.1, 0.15) is 68.8 Å². The zero-order valence-electron chi connectivity index (χ0n) is 55.9. The van der Waals surface area contributed by atoms with E-state index < -0.39 is 76.0 Å². The molecule has 4 unspecified atom stereocenters. The van der Waals surface area contributed by atoms with Gasteiger partial charge in [0.25, 0.3) is 26.2 Å². The maximum Gasteiger partial charge on any atom is 0.259 e. The molecule has 13 atom stereocenters. The van der Waals surface area contributed by atoms with Crippen LogP contribution in [0.3, 0.4) is 0 Å². The molecule has 3 amide bonds. The first-order chi connectivity index (χ1) is 48.5. The highest BCUT2D eigenvalue weighted by Gasteiger charge is 2.50. The van der Waals surface area contributed by atoms with Crippen LogP contribution in [0.5, 0.6) is 0 Å². The topological polar surface area (TPSA) is 370 Å². The Kier molecular flexibility index (Phi) is 25.1.